The highest BCUT2D eigenvalue weighted by atomic mass is 32.2. The minimum absolute atomic E-state index is 0.00636. The molecule has 0 saturated heterocycles. The van der Waals surface area contributed by atoms with Gasteiger partial charge in [-0.1, -0.05) is 6.07 Å². The van der Waals surface area contributed by atoms with Crippen molar-refractivity contribution in [3.8, 4) is 0 Å². The van der Waals surface area contributed by atoms with Gasteiger partial charge in [0.1, 0.15) is 22.4 Å². The van der Waals surface area contributed by atoms with E-state index in [9.17, 15) is 22.4 Å². The normalized spacial score (nSPS) is 12.0. The van der Waals surface area contributed by atoms with Gasteiger partial charge in [0.2, 0.25) is 0 Å². The average Bonchev–Trinajstić information content (AvgIpc) is 3.04. The predicted octanol–water partition coefficient (Wildman–Crippen LogP) is 1.27. The molecule has 0 aliphatic carbocycles. The number of carboxylic acid groups (broad SMARTS) is 1. The monoisotopic (exact) mass is 414 g/mol. The van der Waals surface area contributed by atoms with E-state index in [2.05, 4.69) is 14.7 Å². The van der Waals surface area contributed by atoms with Gasteiger partial charge in [0.25, 0.3) is 10.0 Å². The van der Waals surface area contributed by atoms with E-state index in [0.717, 1.165) is 23.5 Å². The van der Waals surface area contributed by atoms with Crippen molar-refractivity contribution in [2.75, 3.05) is 11.8 Å². The van der Waals surface area contributed by atoms with Gasteiger partial charge in [-0.25, -0.2) is 22.6 Å². The van der Waals surface area contributed by atoms with Crippen LogP contribution >= 0.6 is 11.3 Å². The number of benzene rings is 1. The number of hydrogen-bond acceptors (Lipinski definition) is 7. The van der Waals surface area contributed by atoms with Crippen LogP contribution in [-0.4, -0.2) is 43.1 Å². The Balaban J connectivity index is 2.21. The second-order valence-corrected chi connectivity index (χ2v) is 7.84. The van der Waals surface area contributed by atoms with Crippen LogP contribution in [0.15, 0.2) is 33.6 Å². The third kappa shape index (κ3) is 5.08. The standard InChI is InChI=1S/C15H15FN4O5S2/c1-18-12(17)5-9(21)4-8-2-3-10(6-11(8)16)27(24,25)20-14-13(15(22)23)19-7-26-14/h2-3,6-7,20H,4-5H2,1H3,(H2,17,18)(H,22,23). The van der Waals surface area contributed by atoms with Gasteiger partial charge in [0.05, 0.1) is 16.8 Å². The molecule has 0 amide bonds. The quantitative estimate of drug-likeness (QED) is 0.434. The first-order valence-corrected chi connectivity index (χ1v) is 9.71. The van der Waals surface area contributed by atoms with Crippen LogP contribution in [0, 0.1) is 5.82 Å². The second-order valence-electron chi connectivity index (χ2n) is 5.30. The molecule has 12 heteroatoms. The lowest BCUT2D eigenvalue weighted by molar-refractivity contribution is -0.117. The highest BCUT2D eigenvalue weighted by Gasteiger charge is 2.22. The van der Waals surface area contributed by atoms with Crippen LogP contribution in [0.25, 0.3) is 0 Å². The fraction of sp³-hybridized carbons (Fsp3) is 0.200. The van der Waals surface area contributed by atoms with Gasteiger partial charge >= 0.3 is 5.97 Å². The summed E-state index contributed by atoms with van der Waals surface area (Å²) in [6, 6.07) is 3.04. The van der Waals surface area contributed by atoms with Crippen molar-refractivity contribution in [1.29, 1.82) is 0 Å². The Kier molecular flexibility index (Phi) is 6.23. The topological polar surface area (TPSA) is 152 Å². The van der Waals surface area contributed by atoms with Crippen LogP contribution in [0.4, 0.5) is 9.39 Å². The summed E-state index contributed by atoms with van der Waals surface area (Å²) in [6.45, 7) is 0. The predicted molar refractivity (Wildman–Crippen MR) is 97.2 cm³/mol. The van der Waals surface area contributed by atoms with E-state index < -0.39 is 32.4 Å². The minimum Gasteiger partial charge on any atom is -0.476 e. The minimum atomic E-state index is -4.24. The number of anilines is 1. The van der Waals surface area contributed by atoms with Crippen molar-refractivity contribution in [2.45, 2.75) is 17.7 Å². The maximum atomic E-state index is 14.2. The van der Waals surface area contributed by atoms with Gasteiger partial charge in [0.15, 0.2) is 5.69 Å². The number of carboxylic acids is 1. The molecule has 0 spiro atoms. The number of nitrogens with one attached hydrogen (secondary N) is 1. The van der Waals surface area contributed by atoms with E-state index >= 15 is 0 Å². The number of Topliss-reactive ketones (excluding diaryl/α,β-unsaturated/α-hetero) is 1. The van der Waals surface area contributed by atoms with Crippen molar-refractivity contribution in [3.05, 3.63) is 40.8 Å². The zero-order chi connectivity index (χ0) is 20.2. The summed E-state index contributed by atoms with van der Waals surface area (Å²) in [5.41, 5.74) is 6.16. The van der Waals surface area contributed by atoms with E-state index in [1.165, 1.54) is 18.6 Å². The van der Waals surface area contributed by atoms with Crippen LogP contribution in [0.1, 0.15) is 22.5 Å². The summed E-state index contributed by atoms with van der Waals surface area (Å²) >= 11 is 0.779. The van der Waals surface area contributed by atoms with Crippen LogP contribution in [0.5, 0.6) is 0 Å². The fourth-order valence-corrected chi connectivity index (χ4v) is 4.05. The van der Waals surface area contributed by atoms with Crippen LogP contribution in [0.3, 0.4) is 0 Å². The molecule has 2 rings (SSSR count). The number of carbonyl (C=O) groups is 2. The second kappa shape index (κ2) is 8.22. The molecule has 0 unspecified atom stereocenters. The van der Waals surface area contributed by atoms with Crippen molar-refractivity contribution in [3.63, 3.8) is 0 Å². The number of halogens is 1. The van der Waals surface area contributed by atoms with Gasteiger partial charge < -0.3 is 10.8 Å². The first-order chi connectivity index (χ1) is 12.6. The molecule has 144 valence electrons. The third-order valence-corrected chi connectivity index (χ3v) is 5.60. The highest BCUT2D eigenvalue weighted by Crippen LogP contribution is 2.25. The van der Waals surface area contributed by atoms with Gasteiger partial charge in [-0.2, -0.15) is 0 Å². The Bertz CT molecular complexity index is 1020. The highest BCUT2D eigenvalue weighted by molar-refractivity contribution is 7.93. The van der Waals surface area contributed by atoms with E-state index in [1.54, 1.807) is 0 Å². The molecule has 1 aromatic carbocycles. The number of carbonyl (C=O) groups excluding carboxylic acids is 1. The Labute approximate surface area is 157 Å². The number of ketones is 1. The summed E-state index contributed by atoms with van der Waals surface area (Å²) < 4.78 is 41.0. The molecule has 0 aliphatic rings. The molecular weight excluding hydrogens is 399 g/mol. The molecule has 0 saturated carbocycles. The van der Waals surface area contributed by atoms with Gasteiger partial charge in [-0.15, -0.1) is 11.3 Å². The number of nitrogens with zero attached hydrogens (tertiary/aromatic N) is 2. The van der Waals surface area contributed by atoms with Crippen LogP contribution in [0.2, 0.25) is 0 Å². The number of rotatable bonds is 8. The molecule has 27 heavy (non-hydrogen) atoms. The Morgan fingerprint density at radius 1 is 1.41 bits per heavy atom. The van der Waals surface area contributed by atoms with Crippen molar-refractivity contribution in [2.24, 2.45) is 10.7 Å². The van der Waals surface area contributed by atoms with Gasteiger partial charge in [-0.05, 0) is 17.7 Å². The number of sulfonamides is 1. The number of hydrogen-bond donors (Lipinski definition) is 3. The molecule has 0 aliphatic heterocycles. The van der Waals surface area contributed by atoms with Crippen molar-refractivity contribution >= 4 is 43.9 Å². The van der Waals surface area contributed by atoms with Crippen LogP contribution < -0.4 is 10.5 Å². The van der Waals surface area contributed by atoms with Gasteiger partial charge in [-0.3, -0.25) is 14.5 Å². The maximum Gasteiger partial charge on any atom is 0.357 e. The molecule has 2 aromatic rings. The van der Waals surface area contributed by atoms with E-state index in [-0.39, 0.29) is 35.0 Å². The third-order valence-electron chi connectivity index (χ3n) is 3.39. The van der Waals surface area contributed by atoms with E-state index in [1.807, 2.05) is 0 Å². The first kappa shape index (κ1) is 20.5. The summed E-state index contributed by atoms with van der Waals surface area (Å²) in [4.78, 5) is 29.6. The zero-order valence-electron chi connectivity index (χ0n) is 14.0. The maximum absolute atomic E-state index is 14.2. The summed E-state index contributed by atoms with van der Waals surface area (Å²) in [6.07, 6.45) is -0.408. The number of aromatic carboxylic acids is 1. The SMILES string of the molecule is CN=C(N)CC(=O)Cc1ccc(S(=O)(=O)Nc2scnc2C(=O)O)cc1F. The van der Waals surface area contributed by atoms with Crippen LogP contribution in [-0.2, 0) is 21.2 Å². The summed E-state index contributed by atoms with van der Waals surface area (Å²) in [5, 5.41) is 8.77. The molecule has 0 atom stereocenters. The molecule has 4 N–H and O–H groups in total. The lowest BCUT2D eigenvalue weighted by Gasteiger charge is -2.09. The molecule has 0 radical (unpaired) electrons. The zero-order valence-corrected chi connectivity index (χ0v) is 15.6. The Morgan fingerprint density at radius 2 is 2.11 bits per heavy atom. The van der Waals surface area contributed by atoms with E-state index in [0.29, 0.717) is 0 Å². The Morgan fingerprint density at radius 3 is 2.70 bits per heavy atom. The fourth-order valence-electron chi connectivity index (χ4n) is 2.05. The smallest absolute Gasteiger partial charge is 0.357 e. The first-order valence-electron chi connectivity index (χ1n) is 7.35. The van der Waals surface area contributed by atoms with E-state index in [4.69, 9.17) is 10.8 Å². The number of thiazole rings is 1. The molecular formula is C15H15FN4O5S2. The Hall–Kier alpha value is -2.86. The lowest BCUT2D eigenvalue weighted by Crippen LogP contribution is -2.18. The number of aliphatic imine (C=N–C) groups is 1. The number of nitrogens with two attached hydrogens (primary N) is 1. The summed E-state index contributed by atoms with van der Waals surface area (Å²) in [7, 11) is -2.81. The van der Waals surface area contributed by atoms with Gasteiger partial charge in [0, 0.05) is 13.5 Å². The molecule has 0 bridgehead atoms. The van der Waals surface area contributed by atoms with Crippen molar-refractivity contribution < 1.29 is 27.5 Å². The van der Waals surface area contributed by atoms with Crippen molar-refractivity contribution in [1.82, 2.24) is 4.98 Å². The largest absolute Gasteiger partial charge is 0.476 e. The average molecular weight is 414 g/mol. The number of aromatic nitrogens is 1. The molecule has 0 fully saturated rings. The molecule has 9 nitrogen and oxygen atoms in total. The lowest BCUT2D eigenvalue weighted by atomic mass is 10.1. The summed E-state index contributed by atoms with van der Waals surface area (Å²) in [5.74, 6) is -2.55. The number of amidine groups is 1. The molecule has 1 heterocycles. The molecule has 1 aromatic heterocycles.